The summed E-state index contributed by atoms with van der Waals surface area (Å²) in [5.41, 5.74) is 2.37. The van der Waals surface area contributed by atoms with E-state index in [4.69, 9.17) is 21.4 Å². The number of piperidine rings is 1. The highest BCUT2D eigenvalue weighted by Gasteiger charge is 2.43. The van der Waals surface area contributed by atoms with Crippen LogP contribution < -0.4 is 4.90 Å². The Morgan fingerprint density at radius 3 is 2.63 bits per heavy atom. The molecule has 6 heteroatoms. The maximum atomic E-state index is 16.7. The highest BCUT2D eigenvalue weighted by atomic mass is 19.1. The second-order valence-electron chi connectivity index (χ2n) is 12.3. The van der Waals surface area contributed by atoms with E-state index in [9.17, 15) is 0 Å². The van der Waals surface area contributed by atoms with Crippen LogP contribution in [0.3, 0.4) is 0 Å². The molecule has 3 aliphatic heterocycles. The van der Waals surface area contributed by atoms with Crippen LogP contribution in [0.1, 0.15) is 69.7 Å². The first kappa shape index (κ1) is 26.3. The number of benzene rings is 2. The number of hydrogen-bond acceptors (Lipinski definition) is 5. The van der Waals surface area contributed by atoms with Gasteiger partial charge in [-0.15, -0.1) is 6.42 Å². The zero-order valence-corrected chi connectivity index (χ0v) is 24.0. The molecular formula is C35H38FN5. The van der Waals surface area contributed by atoms with E-state index in [0.717, 1.165) is 66.8 Å². The smallest absolute Gasteiger partial charge is 0.175 e. The number of pyridine rings is 1. The van der Waals surface area contributed by atoms with Crippen molar-refractivity contribution >= 4 is 27.5 Å². The van der Waals surface area contributed by atoms with Gasteiger partial charge in [-0.2, -0.15) is 0 Å². The molecule has 7 rings (SSSR count). The molecule has 2 aromatic heterocycles. The summed E-state index contributed by atoms with van der Waals surface area (Å²) in [6.07, 6.45) is 18.0. The Bertz CT molecular complexity index is 1640. The average Bonchev–Trinajstić information content (AvgIpc) is 3.60. The van der Waals surface area contributed by atoms with Gasteiger partial charge in [0.15, 0.2) is 5.82 Å². The average molecular weight is 548 g/mol. The van der Waals surface area contributed by atoms with Crippen molar-refractivity contribution in [3.05, 3.63) is 59.8 Å². The largest absolute Gasteiger partial charge is 0.356 e. The minimum atomic E-state index is -0.391. The number of halogens is 1. The van der Waals surface area contributed by atoms with Crippen molar-refractivity contribution in [1.29, 1.82) is 0 Å². The Hall–Kier alpha value is -3.56. The molecule has 0 bridgehead atoms. The second kappa shape index (κ2) is 10.7. The number of aryl methyl sites for hydroxylation is 1. The zero-order chi connectivity index (χ0) is 28.0. The Morgan fingerprint density at radius 2 is 1.85 bits per heavy atom. The monoisotopic (exact) mass is 547 g/mol. The summed E-state index contributed by atoms with van der Waals surface area (Å²) in [5, 5.41) is 2.52. The molecule has 5 nitrogen and oxygen atoms in total. The highest BCUT2D eigenvalue weighted by molar-refractivity contribution is 6.01. The lowest BCUT2D eigenvalue weighted by Crippen LogP contribution is -2.38. The lowest BCUT2D eigenvalue weighted by molar-refractivity contribution is 0.182. The van der Waals surface area contributed by atoms with Crippen molar-refractivity contribution in [3.8, 4) is 23.6 Å². The third-order valence-corrected chi connectivity index (χ3v) is 10.0. The van der Waals surface area contributed by atoms with Crippen molar-refractivity contribution < 1.29 is 4.39 Å². The van der Waals surface area contributed by atoms with E-state index in [-0.39, 0.29) is 5.54 Å². The fraction of sp³-hybridized carbons (Fsp3) is 0.457. The Balaban J connectivity index is 1.36. The topological polar surface area (TPSA) is 45.2 Å². The van der Waals surface area contributed by atoms with Crippen LogP contribution in [0.5, 0.6) is 0 Å². The third-order valence-electron chi connectivity index (χ3n) is 10.0. The standard InChI is InChI=1S/C35H38FN5/c1-3-24-10-7-19-40(23-24)34-28-22-37-32(27-14-6-13-26-12-5-11-25(4-2)30(26)27)31(36)33(28)38-29(39-34)15-18-35-16-8-20-41(35)21-9-17-35/h2,5-6,11-14,22,24H,3,7-10,15-21,23H2,1H3. The Kier molecular flexibility index (Phi) is 6.87. The van der Waals surface area contributed by atoms with Gasteiger partial charge in [0.1, 0.15) is 22.9 Å². The maximum Gasteiger partial charge on any atom is 0.175 e. The molecule has 210 valence electrons. The molecule has 4 aromatic rings. The van der Waals surface area contributed by atoms with Gasteiger partial charge in [0.25, 0.3) is 0 Å². The first-order chi connectivity index (χ1) is 20.1. The van der Waals surface area contributed by atoms with E-state index in [0.29, 0.717) is 28.1 Å². The van der Waals surface area contributed by atoms with Crippen molar-refractivity contribution in [2.75, 3.05) is 31.1 Å². The number of terminal acetylenes is 1. The van der Waals surface area contributed by atoms with Crippen molar-refractivity contribution in [1.82, 2.24) is 19.9 Å². The lowest BCUT2D eigenvalue weighted by Gasteiger charge is -2.34. The molecule has 3 fully saturated rings. The van der Waals surface area contributed by atoms with Crippen LogP contribution in [0.4, 0.5) is 10.2 Å². The number of anilines is 1. The quantitative estimate of drug-likeness (QED) is 0.240. The van der Waals surface area contributed by atoms with Gasteiger partial charge in [0, 0.05) is 47.8 Å². The summed E-state index contributed by atoms with van der Waals surface area (Å²) in [6.45, 7) is 6.53. The van der Waals surface area contributed by atoms with Crippen LogP contribution in [0.15, 0.2) is 42.6 Å². The SMILES string of the molecule is C#Cc1cccc2cccc(-c3ncc4c(N5CCCC(CC)C5)nc(CCC56CCCN5CCC6)nc4c3F)c12. The minimum Gasteiger partial charge on any atom is -0.356 e. The maximum absolute atomic E-state index is 16.7. The second-order valence-corrected chi connectivity index (χ2v) is 12.3. The van der Waals surface area contributed by atoms with Crippen molar-refractivity contribution in [3.63, 3.8) is 0 Å². The van der Waals surface area contributed by atoms with Gasteiger partial charge in [-0.1, -0.05) is 49.6 Å². The van der Waals surface area contributed by atoms with Crippen LogP contribution >= 0.6 is 0 Å². The van der Waals surface area contributed by atoms with Crippen LogP contribution in [0.25, 0.3) is 32.9 Å². The summed E-state index contributed by atoms with van der Waals surface area (Å²) in [6, 6.07) is 11.7. The molecule has 3 aliphatic rings. The summed E-state index contributed by atoms with van der Waals surface area (Å²) in [5.74, 6) is 4.60. The summed E-state index contributed by atoms with van der Waals surface area (Å²) >= 11 is 0. The molecule has 0 N–H and O–H groups in total. The molecule has 5 heterocycles. The molecular weight excluding hydrogens is 509 g/mol. The van der Waals surface area contributed by atoms with E-state index in [1.54, 1.807) is 6.20 Å². The van der Waals surface area contributed by atoms with E-state index in [1.807, 2.05) is 36.4 Å². The molecule has 0 aliphatic carbocycles. The number of nitrogens with zero attached hydrogens (tertiary/aromatic N) is 5. The molecule has 41 heavy (non-hydrogen) atoms. The van der Waals surface area contributed by atoms with Crippen LogP contribution in [0.2, 0.25) is 0 Å². The van der Waals surface area contributed by atoms with Gasteiger partial charge in [-0.25, -0.2) is 14.4 Å². The van der Waals surface area contributed by atoms with Gasteiger partial charge in [-0.05, 0) is 75.4 Å². The lowest BCUT2D eigenvalue weighted by atomic mass is 9.88. The van der Waals surface area contributed by atoms with Crippen molar-refractivity contribution in [2.45, 2.75) is 70.3 Å². The molecule has 2 aromatic carbocycles. The van der Waals surface area contributed by atoms with Gasteiger partial charge < -0.3 is 4.90 Å². The van der Waals surface area contributed by atoms with Gasteiger partial charge in [0.05, 0.1) is 5.39 Å². The fourth-order valence-corrected chi connectivity index (χ4v) is 7.85. The summed E-state index contributed by atoms with van der Waals surface area (Å²) in [7, 11) is 0. The number of fused-ring (bicyclic) bond motifs is 3. The summed E-state index contributed by atoms with van der Waals surface area (Å²) < 4.78 is 16.7. The third kappa shape index (κ3) is 4.55. The zero-order valence-electron chi connectivity index (χ0n) is 24.0. The highest BCUT2D eigenvalue weighted by Crippen LogP contribution is 2.42. The van der Waals surface area contributed by atoms with Gasteiger partial charge >= 0.3 is 0 Å². The number of rotatable bonds is 6. The summed E-state index contributed by atoms with van der Waals surface area (Å²) in [4.78, 5) is 19.8. The number of aromatic nitrogens is 3. The predicted molar refractivity (Wildman–Crippen MR) is 164 cm³/mol. The van der Waals surface area contributed by atoms with Gasteiger partial charge in [-0.3, -0.25) is 9.88 Å². The van der Waals surface area contributed by atoms with E-state index in [2.05, 4.69) is 22.6 Å². The molecule has 1 atom stereocenters. The molecule has 0 radical (unpaired) electrons. The first-order valence-electron chi connectivity index (χ1n) is 15.4. The fourth-order valence-electron chi connectivity index (χ4n) is 7.85. The molecule has 0 spiro atoms. The van der Waals surface area contributed by atoms with Crippen molar-refractivity contribution in [2.24, 2.45) is 5.92 Å². The molecule has 3 saturated heterocycles. The van der Waals surface area contributed by atoms with Crippen LogP contribution in [-0.4, -0.2) is 51.6 Å². The van der Waals surface area contributed by atoms with E-state index >= 15 is 4.39 Å². The molecule has 1 unspecified atom stereocenters. The molecule has 0 amide bonds. The van der Waals surface area contributed by atoms with E-state index < -0.39 is 5.82 Å². The minimum absolute atomic E-state index is 0.271. The first-order valence-corrected chi connectivity index (χ1v) is 15.4. The van der Waals surface area contributed by atoms with Gasteiger partial charge in [0.2, 0.25) is 0 Å². The predicted octanol–water partition coefficient (Wildman–Crippen LogP) is 7.15. The van der Waals surface area contributed by atoms with E-state index in [1.165, 1.54) is 45.2 Å². The number of hydrogen-bond donors (Lipinski definition) is 0. The molecule has 0 saturated carbocycles. The Morgan fingerprint density at radius 1 is 1.05 bits per heavy atom. The van der Waals surface area contributed by atoms with Crippen LogP contribution in [0, 0.1) is 24.1 Å². The normalized spacial score (nSPS) is 20.5. The van der Waals surface area contributed by atoms with Crippen LogP contribution in [-0.2, 0) is 6.42 Å². The Labute approximate surface area is 242 Å².